The predicted molar refractivity (Wildman–Crippen MR) is 66.5 cm³/mol. The fraction of sp³-hybridized carbons (Fsp3) is 0.571. The summed E-state index contributed by atoms with van der Waals surface area (Å²) >= 11 is 0. The number of carbonyl (C=O) groups excluding carboxylic acids is 1. The average molecular weight is 237 g/mol. The number of hydrogen-bond donors (Lipinski definition) is 0. The minimum absolute atomic E-state index is 0.972. The van der Waals surface area contributed by atoms with Crippen LogP contribution in [0.4, 0.5) is 0 Å². The highest BCUT2D eigenvalue weighted by Crippen LogP contribution is 2.06. The molecule has 1 aromatic heterocycles. The van der Waals surface area contributed by atoms with E-state index < -0.39 is 5.97 Å². The van der Waals surface area contributed by atoms with E-state index in [1.165, 1.54) is 23.2 Å². The van der Waals surface area contributed by atoms with Crippen LogP contribution in [-0.4, -0.2) is 5.97 Å². The molecule has 17 heavy (non-hydrogen) atoms. The van der Waals surface area contributed by atoms with Gasteiger partial charge in [0.2, 0.25) is 0 Å². The molecule has 3 nitrogen and oxygen atoms in total. The summed E-state index contributed by atoms with van der Waals surface area (Å²) in [7, 11) is 0. The Balaban J connectivity index is 0.000000557. The maximum absolute atomic E-state index is 8.89. The number of carboxylic acid groups (broad SMARTS) is 1. The number of aliphatic carboxylic acids is 1. The highest BCUT2D eigenvalue weighted by atomic mass is 16.4. The van der Waals surface area contributed by atoms with Crippen LogP contribution in [0.5, 0.6) is 0 Å². The first-order chi connectivity index (χ1) is 7.92. The number of nitrogens with zero attached hydrogens (tertiary/aromatic N) is 1. The van der Waals surface area contributed by atoms with Gasteiger partial charge in [-0.3, -0.25) is 0 Å². The highest BCUT2D eigenvalue weighted by molar-refractivity contribution is 5.60. The lowest BCUT2D eigenvalue weighted by atomic mass is 10.1. The van der Waals surface area contributed by atoms with Crippen LogP contribution in [0.1, 0.15) is 44.0 Å². The van der Waals surface area contributed by atoms with Gasteiger partial charge in [0.1, 0.15) is 6.54 Å². The fourth-order valence-electron chi connectivity index (χ4n) is 1.93. The maximum atomic E-state index is 8.89. The number of hydrogen-bond acceptors (Lipinski definition) is 2. The van der Waals surface area contributed by atoms with Crippen LogP contribution in [0.2, 0.25) is 0 Å². The van der Waals surface area contributed by atoms with Crippen molar-refractivity contribution in [2.75, 3.05) is 0 Å². The topological polar surface area (TPSA) is 44.0 Å². The minimum atomic E-state index is -1.08. The van der Waals surface area contributed by atoms with Crippen LogP contribution in [0.15, 0.2) is 12.3 Å². The van der Waals surface area contributed by atoms with Crippen LogP contribution in [0, 0.1) is 13.8 Å². The molecule has 0 aromatic carbocycles. The summed E-state index contributed by atoms with van der Waals surface area (Å²) in [5, 5.41) is 8.89. The third-order valence-electron chi connectivity index (χ3n) is 2.40. The van der Waals surface area contributed by atoms with Crippen molar-refractivity contribution in [2.45, 2.75) is 54.0 Å². The molecule has 0 radical (unpaired) electrons. The van der Waals surface area contributed by atoms with Crippen LogP contribution >= 0.6 is 0 Å². The van der Waals surface area contributed by atoms with Crippen molar-refractivity contribution in [3.05, 3.63) is 29.1 Å². The van der Waals surface area contributed by atoms with E-state index in [1.54, 1.807) is 0 Å². The first-order valence-corrected chi connectivity index (χ1v) is 6.09. The van der Waals surface area contributed by atoms with Crippen molar-refractivity contribution in [3.8, 4) is 0 Å². The number of carboxylic acids is 1. The number of rotatable bonds is 3. The third-order valence-corrected chi connectivity index (χ3v) is 2.40. The summed E-state index contributed by atoms with van der Waals surface area (Å²) < 4.78 is 2.39. The van der Waals surface area contributed by atoms with E-state index in [4.69, 9.17) is 9.90 Å². The van der Waals surface area contributed by atoms with Gasteiger partial charge in [-0.05, 0) is 26.8 Å². The van der Waals surface area contributed by atoms with Crippen LogP contribution in [0.25, 0.3) is 0 Å². The molecule has 1 heterocycles. The Morgan fingerprint density at radius 3 is 2.29 bits per heavy atom. The Morgan fingerprint density at radius 1 is 1.35 bits per heavy atom. The van der Waals surface area contributed by atoms with Crippen molar-refractivity contribution in [1.82, 2.24) is 0 Å². The van der Waals surface area contributed by atoms with E-state index in [1.807, 2.05) is 0 Å². The molecule has 0 bridgehead atoms. The zero-order valence-electron chi connectivity index (χ0n) is 11.5. The number of carbonyl (C=O) groups is 1. The van der Waals surface area contributed by atoms with Gasteiger partial charge in [-0.2, -0.15) is 0 Å². The molecule has 0 fully saturated rings. The number of pyridine rings is 1. The summed E-state index contributed by atoms with van der Waals surface area (Å²) in [6.07, 6.45) is 4.60. The molecule has 0 atom stereocenters. The summed E-state index contributed by atoms with van der Waals surface area (Å²) in [6.45, 7) is 10.9. The molecule has 96 valence electrons. The first-order valence-electron chi connectivity index (χ1n) is 6.09. The van der Waals surface area contributed by atoms with Crippen LogP contribution in [-0.2, 0) is 17.8 Å². The zero-order valence-corrected chi connectivity index (χ0v) is 11.5. The molecule has 0 amide bonds. The normalized spacial score (nSPS) is 9.47. The maximum Gasteiger partial charge on any atom is 0.183 e. The molecule has 0 aliphatic heterocycles. The van der Waals surface area contributed by atoms with E-state index in [9.17, 15) is 0 Å². The molecule has 0 aliphatic carbocycles. The van der Waals surface area contributed by atoms with Crippen molar-refractivity contribution in [1.29, 1.82) is 0 Å². The standard InChI is InChI=1S/C12H20N.C2H4O2/c1-5-7-13-9-10(3)8-11(4)12(13)6-2;1-2(3)4/h8-9H,5-7H2,1-4H3;1H3,(H,3,4)/q+1;/p-1. The molecule has 0 N–H and O–H groups in total. The van der Waals surface area contributed by atoms with E-state index in [0.717, 1.165) is 19.9 Å². The SMILES string of the molecule is CC(=O)[O-].CCC[n+]1cc(C)cc(C)c1CC. The fourth-order valence-corrected chi connectivity index (χ4v) is 1.93. The van der Waals surface area contributed by atoms with Crippen molar-refractivity contribution in [2.24, 2.45) is 0 Å². The largest absolute Gasteiger partial charge is 0.550 e. The van der Waals surface area contributed by atoms with Gasteiger partial charge in [0.15, 0.2) is 11.9 Å². The van der Waals surface area contributed by atoms with Crippen LogP contribution in [0.3, 0.4) is 0 Å². The Kier molecular flexibility index (Phi) is 7.19. The van der Waals surface area contributed by atoms with Gasteiger partial charge in [0.25, 0.3) is 0 Å². The third kappa shape index (κ3) is 6.05. The molecule has 0 saturated carbocycles. The predicted octanol–water partition coefficient (Wildman–Crippen LogP) is 1.32. The summed E-state index contributed by atoms with van der Waals surface area (Å²) in [4.78, 5) is 8.89. The quantitative estimate of drug-likeness (QED) is 0.744. The average Bonchev–Trinajstić information content (AvgIpc) is 2.16. The Labute approximate surface area is 104 Å². The van der Waals surface area contributed by atoms with Gasteiger partial charge < -0.3 is 9.90 Å². The first kappa shape index (κ1) is 15.6. The van der Waals surface area contributed by atoms with E-state index in [2.05, 4.69) is 44.5 Å². The van der Waals surface area contributed by atoms with E-state index >= 15 is 0 Å². The number of aromatic nitrogens is 1. The van der Waals surface area contributed by atoms with Gasteiger partial charge in [0, 0.05) is 29.9 Å². The minimum Gasteiger partial charge on any atom is -0.550 e. The Bertz CT molecular complexity index is 369. The van der Waals surface area contributed by atoms with Crippen molar-refractivity contribution >= 4 is 5.97 Å². The molecule has 0 aliphatic rings. The summed E-state index contributed by atoms with van der Waals surface area (Å²) in [5.74, 6) is -1.08. The monoisotopic (exact) mass is 237 g/mol. The van der Waals surface area contributed by atoms with Gasteiger partial charge in [-0.25, -0.2) is 4.57 Å². The highest BCUT2D eigenvalue weighted by Gasteiger charge is 2.11. The Morgan fingerprint density at radius 2 is 1.88 bits per heavy atom. The van der Waals surface area contributed by atoms with Crippen molar-refractivity contribution in [3.63, 3.8) is 0 Å². The molecule has 1 aromatic rings. The van der Waals surface area contributed by atoms with E-state index in [0.29, 0.717) is 0 Å². The summed E-state index contributed by atoms with van der Waals surface area (Å²) in [6, 6.07) is 2.27. The lowest BCUT2D eigenvalue weighted by molar-refractivity contribution is -0.704. The van der Waals surface area contributed by atoms with E-state index in [-0.39, 0.29) is 0 Å². The van der Waals surface area contributed by atoms with Gasteiger partial charge >= 0.3 is 0 Å². The lowest BCUT2D eigenvalue weighted by Crippen LogP contribution is -2.39. The zero-order chi connectivity index (χ0) is 13.4. The molecule has 0 saturated heterocycles. The molecular weight excluding hydrogens is 214 g/mol. The second-order valence-corrected chi connectivity index (χ2v) is 4.19. The van der Waals surface area contributed by atoms with Gasteiger partial charge in [-0.1, -0.05) is 13.8 Å². The lowest BCUT2D eigenvalue weighted by Gasteiger charge is -2.05. The second-order valence-electron chi connectivity index (χ2n) is 4.19. The summed E-state index contributed by atoms with van der Waals surface area (Å²) in [5.41, 5.74) is 4.27. The van der Waals surface area contributed by atoms with Gasteiger partial charge in [-0.15, -0.1) is 0 Å². The second kappa shape index (κ2) is 7.82. The molecule has 1 rings (SSSR count). The molecular formula is C14H23NO2. The van der Waals surface area contributed by atoms with Crippen LogP contribution < -0.4 is 9.67 Å². The smallest absolute Gasteiger partial charge is 0.183 e. The molecule has 3 heteroatoms. The molecule has 0 spiro atoms. The van der Waals surface area contributed by atoms with Crippen molar-refractivity contribution < 1.29 is 14.5 Å². The van der Waals surface area contributed by atoms with Gasteiger partial charge in [0.05, 0.1) is 0 Å². The number of aryl methyl sites for hydroxylation is 3. The Hall–Kier alpha value is -1.38. The molecule has 0 unspecified atom stereocenters.